The molecule has 0 aliphatic heterocycles. The predicted molar refractivity (Wildman–Crippen MR) is 64.3 cm³/mol. The topological polar surface area (TPSA) is 12.0 Å². The van der Waals surface area contributed by atoms with Crippen LogP contribution in [0.25, 0.3) is 0 Å². The first-order valence-corrected chi connectivity index (χ1v) is 5.98. The lowest BCUT2D eigenvalue weighted by atomic mass is 10.0. The van der Waals surface area contributed by atoms with E-state index in [2.05, 4.69) is 31.0 Å². The molecule has 1 heteroatoms. The first kappa shape index (κ1) is 13.5. The molecule has 0 saturated heterocycles. The second kappa shape index (κ2) is 10.6. The van der Waals surface area contributed by atoms with Crippen molar-refractivity contribution in [2.45, 2.75) is 65.3 Å². The third-order valence-electron chi connectivity index (χ3n) is 2.41. The van der Waals surface area contributed by atoms with Gasteiger partial charge in [0, 0.05) is 12.5 Å². The summed E-state index contributed by atoms with van der Waals surface area (Å²) in [5.74, 6) is 6.06. The fourth-order valence-corrected chi connectivity index (χ4v) is 1.71. The molecule has 0 aliphatic rings. The Kier molecular flexibility index (Phi) is 10.2. The summed E-state index contributed by atoms with van der Waals surface area (Å²) in [5, 5.41) is 3.54. The van der Waals surface area contributed by atoms with E-state index in [4.69, 9.17) is 0 Å². The van der Waals surface area contributed by atoms with Crippen molar-refractivity contribution >= 4 is 0 Å². The zero-order chi connectivity index (χ0) is 10.6. The van der Waals surface area contributed by atoms with Crippen molar-refractivity contribution in [3.63, 3.8) is 0 Å². The van der Waals surface area contributed by atoms with Gasteiger partial charge in [-0.2, -0.15) is 0 Å². The second-order valence-corrected chi connectivity index (χ2v) is 3.72. The molecule has 0 aromatic heterocycles. The maximum absolute atomic E-state index is 3.54. The van der Waals surface area contributed by atoms with Crippen LogP contribution < -0.4 is 5.32 Å². The lowest BCUT2D eigenvalue weighted by Crippen LogP contribution is -2.28. The van der Waals surface area contributed by atoms with E-state index in [-0.39, 0.29) is 0 Å². The van der Waals surface area contributed by atoms with Gasteiger partial charge in [-0.05, 0) is 32.7 Å². The van der Waals surface area contributed by atoms with Crippen LogP contribution in [0.1, 0.15) is 59.3 Å². The van der Waals surface area contributed by atoms with E-state index >= 15 is 0 Å². The van der Waals surface area contributed by atoms with Gasteiger partial charge in [-0.3, -0.25) is 0 Å². The highest BCUT2D eigenvalue weighted by Gasteiger charge is 2.04. The van der Waals surface area contributed by atoms with Crippen molar-refractivity contribution in [3.05, 3.63) is 0 Å². The molecule has 0 aromatic carbocycles. The van der Waals surface area contributed by atoms with E-state index in [0.29, 0.717) is 0 Å². The summed E-state index contributed by atoms with van der Waals surface area (Å²) in [6.45, 7) is 7.45. The van der Waals surface area contributed by atoms with Crippen LogP contribution in [-0.2, 0) is 0 Å². The van der Waals surface area contributed by atoms with Crippen LogP contribution in [0.3, 0.4) is 0 Å². The standard InChI is InChI=1S/C13H25N/c1-4-7-8-9-10-12-13(11-5-2)14-6-3/h13-14H,5-6,8-12H2,1-3H3. The number of hydrogen-bond donors (Lipinski definition) is 1. The molecule has 82 valence electrons. The molecule has 0 saturated carbocycles. The molecule has 14 heavy (non-hydrogen) atoms. The van der Waals surface area contributed by atoms with Crippen LogP contribution in [-0.4, -0.2) is 12.6 Å². The third-order valence-corrected chi connectivity index (χ3v) is 2.41. The Balaban J connectivity index is 3.42. The average molecular weight is 195 g/mol. The minimum atomic E-state index is 0.736. The molecular formula is C13H25N. The molecule has 1 unspecified atom stereocenters. The number of nitrogens with one attached hydrogen (secondary N) is 1. The summed E-state index contributed by atoms with van der Waals surface area (Å²) in [6, 6.07) is 0.736. The largest absolute Gasteiger partial charge is 0.314 e. The van der Waals surface area contributed by atoms with Crippen molar-refractivity contribution in [1.82, 2.24) is 5.32 Å². The molecule has 0 bridgehead atoms. The molecule has 0 heterocycles. The maximum Gasteiger partial charge on any atom is 0.00885 e. The summed E-state index contributed by atoms with van der Waals surface area (Å²) in [4.78, 5) is 0. The Morgan fingerprint density at radius 3 is 2.50 bits per heavy atom. The van der Waals surface area contributed by atoms with Gasteiger partial charge in [-0.25, -0.2) is 0 Å². The molecule has 0 fully saturated rings. The van der Waals surface area contributed by atoms with E-state index in [1.54, 1.807) is 0 Å². The summed E-state index contributed by atoms with van der Waals surface area (Å²) in [7, 11) is 0. The van der Waals surface area contributed by atoms with Crippen LogP contribution in [0.2, 0.25) is 0 Å². The fourth-order valence-electron chi connectivity index (χ4n) is 1.71. The van der Waals surface area contributed by atoms with Crippen molar-refractivity contribution in [1.29, 1.82) is 0 Å². The van der Waals surface area contributed by atoms with Crippen LogP contribution in [0, 0.1) is 11.8 Å². The quantitative estimate of drug-likeness (QED) is 0.462. The smallest absolute Gasteiger partial charge is 0.00885 e. The highest BCUT2D eigenvalue weighted by atomic mass is 14.9. The van der Waals surface area contributed by atoms with Gasteiger partial charge in [0.25, 0.3) is 0 Å². The molecule has 0 amide bonds. The van der Waals surface area contributed by atoms with Crippen molar-refractivity contribution in [2.75, 3.05) is 6.54 Å². The van der Waals surface area contributed by atoms with Crippen LogP contribution >= 0.6 is 0 Å². The van der Waals surface area contributed by atoms with Crippen molar-refractivity contribution < 1.29 is 0 Å². The minimum Gasteiger partial charge on any atom is -0.314 e. The Bertz CT molecular complexity index is 158. The molecule has 0 aliphatic carbocycles. The van der Waals surface area contributed by atoms with Gasteiger partial charge in [0.2, 0.25) is 0 Å². The molecule has 1 nitrogen and oxygen atoms in total. The molecule has 0 spiro atoms. The average Bonchev–Trinajstić information content (AvgIpc) is 2.18. The summed E-state index contributed by atoms with van der Waals surface area (Å²) < 4.78 is 0. The molecule has 0 rings (SSSR count). The summed E-state index contributed by atoms with van der Waals surface area (Å²) >= 11 is 0. The lowest BCUT2D eigenvalue weighted by molar-refractivity contribution is 0.443. The Labute approximate surface area is 89.7 Å². The first-order valence-electron chi connectivity index (χ1n) is 5.98. The third kappa shape index (κ3) is 8.13. The van der Waals surface area contributed by atoms with Gasteiger partial charge in [0.1, 0.15) is 0 Å². The van der Waals surface area contributed by atoms with Gasteiger partial charge >= 0.3 is 0 Å². The van der Waals surface area contributed by atoms with E-state index in [9.17, 15) is 0 Å². The summed E-state index contributed by atoms with van der Waals surface area (Å²) in [5.41, 5.74) is 0. The number of unbranched alkanes of at least 4 members (excludes halogenated alkanes) is 2. The number of rotatable bonds is 8. The molecular weight excluding hydrogens is 170 g/mol. The van der Waals surface area contributed by atoms with Crippen LogP contribution in [0.15, 0.2) is 0 Å². The van der Waals surface area contributed by atoms with Gasteiger partial charge in [0.15, 0.2) is 0 Å². The van der Waals surface area contributed by atoms with E-state index < -0.39 is 0 Å². The molecule has 1 N–H and O–H groups in total. The predicted octanol–water partition coefficient (Wildman–Crippen LogP) is 3.35. The molecule has 1 atom stereocenters. The zero-order valence-electron chi connectivity index (χ0n) is 10.0. The zero-order valence-corrected chi connectivity index (χ0v) is 10.0. The monoisotopic (exact) mass is 195 g/mol. The van der Waals surface area contributed by atoms with E-state index in [1.807, 2.05) is 6.92 Å². The number of hydrogen-bond acceptors (Lipinski definition) is 1. The van der Waals surface area contributed by atoms with Crippen molar-refractivity contribution in [3.8, 4) is 11.8 Å². The molecule has 0 radical (unpaired) electrons. The van der Waals surface area contributed by atoms with E-state index in [0.717, 1.165) is 19.0 Å². The highest BCUT2D eigenvalue weighted by Crippen LogP contribution is 2.07. The van der Waals surface area contributed by atoms with Crippen LogP contribution in [0.4, 0.5) is 0 Å². The first-order chi connectivity index (χ1) is 6.85. The van der Waals surface area contributed by atoms with E-state index in [1.165, 1.54) is 32.1 Å². The fraction of sp³-hybridized carbons (Fsp3) is 0.846. The second-order valence-electron chi connectivity index (χ2n) is 3.72. The maximum atomic E-state index is 3.54. The van der Waals surface area contributed by atoms with Crippen LogP contribution in [0.5, 0.6) is 0 Å². The van der Waals surface area contributed by atoms with Gasteiger partial charge < -0.3 is 5.32 Å². The van der Waals surface area contributed by atoms with Gasteiger partial charge in [-0.1, -0.05) is 26.7 Å². The SMILES string of the molecule is CC#CCCCCC(CCC)NCC. The normalized spacial score (nSPS) is 11.9. The Hall–Kier alpha value is -0.480. The van der Waals surface area contributed by atoms with Gasteiger partial charge in [-0.15, -0.1) is 11.8 Å². The Morgan fingerprint density at radius 1 is 1.14 bits per heavy atom. The highest BCUT2D eigenvalue weighted by molar-refractivity contribution is 4.94. The van der Waals surface area contributed by atoms with Gasteiger partial charge in [0.05, 0.1) is 0 Å². The van der Waals surface area contributed by atoms with Crippen molar-refractivity contribution in [2.24, 2.45) is 0 Å². The lowest BCUT2D eigenvalue weighted by Gasteiger charge is -2.16. The molecule has 0 aromatic rings. The summed E-state index contributed by atoms with van der Waals surface area (Å²) in [6.07, 6.45) is 7.55. The minimum absolute atomic E-state index is 0.736. The Morgan fingerprint density at radius 2 is 1.93 bits per heavy atom.